The summed E-state index contributed by atoms with van der Waals surface area (Å²) in [7, 11) is 0. The Morgan fingerprint density at radius 3 is 2.38 bits per heavy atom. The van der Waals surface area contributed by atoms with Crippen molar-refractivity contribution in [2.45, 2.75) is 52.0 Å². The Kier molecular flexibility index (Phi) is 4.00. The molecular weight excluding hydrogens is 162 g/mol. The van der Waals surface area contributed by atoms with E-state index in [4.69, 9.17) is 0 Å². The lowest BCUT2D eigenvalue weighted by Gasteiger charge is -2.23. The first-order chi connectivity index (χ1) is 6.18. The minimum Gasteiger partial charge on any atom is -0.386 e. The highest BCUT2D eigenvalue weighted by Gasteiger charge is 2.12. The van der Waals surface area contributed by atoms with Gasteiger partial charge in [0, 0.05) is 11.7 Å². The Labute approximate surface area is 80.4 Å². The SMILES string of the molecule is CC(=O)/C=C(/C)NC1CCCCC1. The van der Waals surface area contributed by atoms with Gasteiger partial charge in [0.25, 0.3) is 0 Å². The van der Waals surface area contributed by atoms with Crippen molar-refractivity contribution in [1.29, 1.82) is 0 Å². The van der Waals surface area contributed by atoms with Crippen LogP contribution in [0.25, 0.3) is 0 Å². The fourth-order valence-corrected chi connectivity index (χ4v) is 1.92. The van der Waals surface area contributed by atoms with Crippen LogP contribution in [0.3, 0.4) is 0 Å². The fourth-order valence-electron chi connectivity index (χ4n) is 1.92. The molecule has 13 heavy (non-hydrogen) atoms. The number of nitrogens with one attached hydrogen (secondary N) is 1. The van der Waals surface area contributed by atoms with Crippen LogP contribution >= 0.6 is 0 Å². The normalized spacial score (nSPS) is 20.0. The lowest BCUT2D eigenvalue weighted by molar-refractivity contribution is -0.112. The lowest BCUT2D eigenvalue weighted by atomic mass is 9.95. The third-order valence-corrected chi connectivity index (χ3v) is 2.46. The Morgan fingerprint density at radius 2 is 1.85 bits per heavy atom. The van der Waals surface area contributed by atoms with Gasteiger partial charge in [0.1, 0.15) is 0 Å². The van der Waals surface area contributed by atoms with Crippen LogP contribution in [0.4, 0.5) is 0 Å². The molecule has 1 aliphatic rings. The predicted molar refractivity (Wildman–Crippen MR) is 54.4 cm³/mol. The molecule has 0 atom stereocenters. The molecule has 0 saturated heterocycles. The van der Waals surface area contributed by atoms with Gasteiger partial charge >= 0.3 is 0 Å². The zero-order chi connectivity index (χ0) is 9.68. The van der Waals surface area contributed by atoms with Crippen molar-refractivity contribution in [3.05, 3.63) is 11.8 Å². The first-order valence-electron chi connectivity index (χ1n) is 5.14. The van der Waals surface area contributed by atoms with Gasteiger partial charge in [-0.3, -0.25) is 4.79 Å². The third kappa shape index (κ3) is 4.11. The standard InChI is InChI=1S/C11H19NO/c1-9(8-10(2)13)12-11-6-4-3-5-7-11/h8,11-12H,3-7H2,1-2H3/b9-8-. The van der Waals surface area contributed by atoms with Crippen molar-refractivity contribution in [2.24, 2.45) is 0 Å². The van der Waals surface area contributed by atoms with E-state index in [1.807, 2.05) is 6.92 Å². The maximum Gasteiger partial charge on any atom is 0.154 e. The maximum atomic E-state index is 10.8. The maximum absolute atomic E-state index is 10.8. The summed E-state index contributed by atoms with van der Waals surface area (Å²) in [6, 6.07) is 0.601. The zero-order valence-electron chi connectivity index (χ0n) is 8.60. The summed E-state index contributed by atoms with van der Waals surface area (Å²) in [5, 5.41) is 3.39. The molecule has 1 fully saturated rings. The minimum absolute atomic E-state index is 0.126. The Morgan fingerprint density at radius 1 is 1.23 bits per heavy atom. The predicted octanol–water partition coefficient (Wildman–Crippen LogP) is 2.40. The number of ketones is 1. The summed E-state index contributed by atoms with van der Waals surface area (Å²) >= 11 is 0. The van der Waals surface area contributed by atoms with Gasteiger partial charge in [0.05, 0.1) is 0 Å². The molecule has 0 amide bonds. The topological polar surface area (TPSA) is 29.1 Å². The molecule has 0 aliphatic heterocycles. The molecule has 1 saturated carbocycles. The van der Waals surface area contributed by atoms with Crippen LogP contribution in [0.1, 0.15) is 46.0 Å². The van der Waals surface area contributed by atoms with Gasteiger partial charge in [-0.1, -0.05) is 19.3 Å². The van der Waals surface area contributed by atoms with Gasteiger partial charge in [0.15, 0.2) is 5.78 Å². The molecule has 1 rings (SSSR count). The summed E-state index contributed by atoms with van der Waals surface area (Å²) in [4.78, 5) is 10.8. The van der Waals surface area contributed by atoms with Crippen LogP contribution in [0, 0.1) is 0 Å². The molecule has 74 valence electrons. The van der Waals surface area contributed by atoms with Crippen LogP contribution in [0.5, 0.6) is 0 Å². The van der Waals surface area contributed by atoms with Crippen molar-refractivity contribution in [2.75, 3.05) is 0 Å². The second-order valence-electron chi connectivity index (χ2n) is 3.92. The quantitative estimate of drug-likeness (QED) is 0.677. The highest BCUT2D eigenvalue weighted by molar-refractivity contribution is 5.87. The first kappa shape index (κ1) is 10.3. The van der Waals surface area contributed by atoms with Crippen molar-refractivity contribution < 1.29 is 4.79 Å². The average Bonchev–Trinajstić information content (AvgIpc) is 2.04. The summed E-state index contributed by atoms with van der Waals surface area (Å²) in [6.45, 7) is 3.56. The fraction of sp³-hybridized carbons (Fsp3) is 0.727. The first-order valence-corrected chi connectivity index (χ1v) is 5.14. The van der Waals surface area contributed by atoms with E-state index in [2.05, 4.69) is 5.32 Å². The van der Waals surface area contributed by atoms with Crippen molar-refractivity contribution >= 4 is 5.78 Å². The van der Waals surface area contributed by atoms with Crippen LogP contribution in [0.15, 0.2) is 11.8 Å². The second-order valence-corrected chi connectivity index (χ2v) is 3.92. The molecule has 0 bridgehead atoms. The molecule has 0 aromatic carbocycles. The second kappa shape index (κ2) is 5.05. The minimum atomic E-state index is 0.126. The van der Waals surface area contributed by atoms with Crippen LogP contribution in [-0.2, 0) is 4.79 Å². The van der Waals surface area contributed by atoms with Crippen LogP contribution in [0.2, 0.25) is 0 Å². The number of allylic oxidation sites excluding steroid dienone is 2. The number of hydrogen-bond donors (Lipinski definition) is 1. The zero-order valence-corrected chi connectivity index (χ0v) is 8.60. The van der Waals surface area contributed by atoms with Gasteiger partial charge in [-0.05, 0) is 32.8 Å². The Balaban J connectivity index is 2.33. The van der Waals surface area contributed by atoms with Gasteiger partial charge in [-0.25, -0.2) is 0 Å². The van der Waals surface area contributed by atoms with Gasteiger partial charge in [0.2, 0.25) is 0 Å². The van der Waals surface area contributed by atoms with E-state index in [-0.39, 0.29) is 5.78 Å². The molecule has 0 unspecified atom stereocenters. The van der Waals surface area contributed by atoms with E-state index in [1.54, 1.807) is 13.0 Å². The van der Waals surface area contributed by atoms with Gasteiger partial charge in [-0.2, -0.15) is 0 Å². The van der Waals surface area contributed by atoms with E-state index in [9.17, 15) is 4.79 Å². The van der Waals surface area contributed by atoms with Gasteiger partial charge < -0.3 is 5.32 Å². The van der Waals surface area contributed by atoms with Crippen molar-refractivity contribution in [3.8, 4) is 0 Å². The Bertz CT molecular complexity index is 202. The summed E-state index contributed by atoms with van der Waals surface area (Å²) < 4.78 is 0. The largest absolute Gasteiger partial charge is 0.386 e. The number of carbonyl (C=O) groups excluding carboxylic acids is 1. The molecular formula is C11H19NO. The Hall–Kier alpha value is -0.790. The van der Waals surface area contributed by atoms with Gasteiger partial charge in [-0.15, -0.1) is 0 Å². The lowest BCUT2D eigenvalue weighted by Crippen LogP contribution is -2.29. The van der Waals surface area contributed by atoms with E-state index in [0.717, 1.165) is 5.70 Å². The molecule has 0 heterocycles. The smallest absolute Gasteiger partial charge is 0.154 e. The summed E-state index contributed by atoms with van der Waals surface area (Å²) in [6.07, 6.45) is 8.20. The molecule has 0 spiro atoms. The van der Waals surface area contributed by atoms with Crippen LogP contribution < -0.4 is 5.32 Å². The van der Waals surface area contributed by atoms with Crippen molar-refractivity contribution in [3.63, 3.8) is 0 Å². The molecule has 0 aromatic heterocycles. The van der Waals surface area contributed by atoms with E-state index >= 15 is 0 Å². The van der Waals surface area contributed by atoms with E-state index in [0.29, 0.717) is 6.04 Å². The molecule has 1 aliphatic carbocycles. The summed E-state index contributed by atoms with van der Waals surface area (Å²) in [5.41, 5.74) is 1.01. The molecule has 1 N–H and O–H groups in total. The average molecular weight is 181 g/mol. The number of rotatable bonds is 3. The van der Waals surface area contributed by atoms with E-state index in [1.165, 1.54) is 32.1 Å². The summed E-state index contributed by atoms with van der Waals surface area (Å²) in [5.74, 6) is 0.126. The van der Waals surface area contributed by atoms with Crippen LogP contribution in [-0.4, -0.2) is 11.8 Å². The van der Waals surface area contributed by atoms with Crippen molar-refractivity contribution in [1.82, 2.24) is 5.32 Å². The third-order valence-electron chi connectivity index (χ3n) is 2.46. The molecule has 0 radical (unpaired) electrons. The highest BCUT2D eigenvalue weighted by atomic mass is 16.1. The molecule has 0 aromatic rings. The molecule has 2 heteroatoms. The number of carbonyl (C=O) groups is 1. The number of hydrogen-bond acceptors (Lipinski definition) is 2. The van der Waals surface area contributed by atoms with E-state index < -0.39 is 0 Å². The molecule has 2 nitrogen and oxygen atoms in total. The highest BCUT2D eigenvalue weighted by Crippen LogP contribution is 2.18. The monoisotopic (exact) mass is 181 g/mol.